The molecule has 32 heavy (non-hydrogen) atoms. The average molecular weight is 554 g/mol. The van der Waals surface area contributed by atoms with E-state index in [2.05, 4.69) is 22.0 Å². The van der Waals surface area contributed by atoms with Crippen LogP contribution in [0.3, 0.4) is 0 Å². The molecule has 0 amide bonds. The molecule has 2 aromatic rings. The lowest BCUT2D eigenvalue weighted by Crippen LogP contribution is -2.53. The van der Waals surface area contributed by atoms with Gasteiger partial charge < -0.3 is 24.8 Å². The zero-order valence-corrected chi connectivity index (χ0v) is 21.3. The fourth-order valence-corrected chi connectivity index (χ4v) is 3.55. The molecule has 0 spiro atoms. The zero-order valence-electron chi connectivity index (χ0n) is 18.9. The summed E-state index contributed by atoms with van der Waals surface area (Å²) in [5, 5.41) is 13.9. The van der Waals surface area contributed by atoms with Crippen LogP contribution < -0.4 is 14.8 Å². The number of para-hydroxylation sites is 1. The van der Waals surface area contributed by atoms with Crippen molar-refractivity contribution in [3.8, 4) is 11.5 Å². The third-order valence-corrected chi connectivity index (χ3v) is 5.32. The number of nitrogens with one attached hydrogen (secondary N) is 1. The van der Waals surface area contributed by atoms with E-state index in [0.29, 0.717) is 13.2 Å². The molecule has 0 saturated carbocycles. The van der Waals surface area contributed by atoms with E-state index < -0.39 is 6.10 Å². The van der Waals surface area contributed by atoms with Crippen molar-refractivity contribution in [3.05, 3.63) is 60.2 Å². The fourth-order valence-electron chi connectivity index (χ4n) is 3.55. The molecule has 1 aliphatic rings. The molecule has 1 atom stereocenters. The molecule has 0 bridgehead atoms. The van der Waals surface area contributed by atoms with Gasteiger partial charge >= 0.3 is 0 Å². The molecule has 0 aromatic heterocycles. The summed E-state index contributed by atoms with van der Waals surface area (Å²) >= 11 is 0. The van der Waals surface area contributed by atoms with Crippen LogP contribution in [0.1, 0.15) is 18.6 Å². The van der Waals surface area contributed by atoms with Crippen molar-refractivity contribution >= 4 is 29.9 Å². The molecule has 1 aliphatic heterocycles. The van der Waals surface area contributed by atoms with Crippen molar-refractivity contribution in [2.24, 2.45) is 4.99 Å². The van der Waals surface area contributed by atoms with Crippen LogP contribution in [-0.4, -0.2) is 80.4 Å². The van der Waals surface area contributed by atoms with Gasteiger partial charge in [-0.05, 0) is 36.8 Å². The highest BCUT2D eigenvalue weighted by molar-refractivity contribution is 14.0. The van der Waals surface area contributed by atoms with Crippen LogP contribution in [0.2, 0.25) is 0 Å². The summed E-state index contributed by atoms with van der Waals surface area (Å²) in [6.45, 7) is 8.46. The molecular weight excluding hydrogens is 519 g/mol. The van der Waals surface area contributed by atoms with Crippen molar-refractivity contribution in [1.29, 1.82) is 0 Å². The number of ether oxygens (including phenoxy) is 2. The number of nitrogens with zero attached hydrogens (tertiary/aromatic N) is 3. The number of benzene rings is 2. The number of guanidine groups is 1. The molecule has 1 fully saturated rings. The molecule has 1 unspecified atom stereocenters. The summed E-state index contributed by atoms with van der Waals surface area (Å²) in [5.74, 6) is 2.50. The van der Waals surface area contributed by atoms with Gasteiger partial charge in [-0.2, -0.15) is 0 Å². The summed E-state index contributed by atoms with van der Waals surface area (Å²) in [5.41, 5.74) is 0.808. The van der Waals surface area contributed by atoms with E-state index in [1.165, 1.54) is 0 Å². The Hall–Kier alpha value is -2.04. The minimum atomic E-state index is -0.666. The SMILES string of the molecule is CCNC(=NCC(O)c1cccc(OC)c1)N1CCN(CCOc2ccccc2)CC1.I. The van der Waals surface area contributed by atoms with Crippen molar-refractivity contribution in [2.75, 3.05) is 59.5 Å². The van der Waals surface area contributed by atoms with Gasteiger partial charge in [0.2, 0.25) is 0 Å². The maximum Gasteiger partial charge on any atom is 0.194 e. The molecule has 1 saturated heterocycles. The highest BCUT2D eigenvalue weighted by Gasteiger charge is 2.20. The number of piperazine rings is 1. The molecule has 1 heterocycles. The first-order chi connectivity index (χ1) is 15.2. The van der Waals surface area contributed by atoms with E-state index in [-0.39, 0.29) is 24.0 Å². The standard InChI is InChI=1S/C24H34N4O3.HI/c1-3-25-24(26-19-23(29)20-8-7-11-22(18-20)30-2)28-14-12-27(13-15-28)16-17-31-21-9-5-4-6-10-21;/h4-11,18,23,29H,3,12-17,19H2,1-2H3,(H,25,26);1H. The smallest absolute Gasteiger partial charge is 0.194 e. The number of aliphatic hydroxyl groups is 1. The summed E-state index contributed by atoms with van der Waals surface area (Å²) in [4.78, 5) is 9.36. The monoisotopic (exact) mass is 554 g/mol. The van der Waals surface area contributed by atoms with Crippen molar-refractivity contribution < 1.29 is 14.6 Å². The normalized spacial score (nSPS) is 15.6. The van der Waals surface area contributed by atoms with Crippen molar-refractivity contribution in [1.82, 2.24) is 15.1 Å². The Kier molecular flexibility index (Phi) is 11.6. The number of hydrogen-bond donors (Lipinski definition) is 2. The Morgan fingerprint density at radius 3 is 2.47 bits per heavy atom. The number of aliphatic imine (C=N–C) groups is 1. The number of halogens is 1. The predicted molar refractivity (Wildman–Crippen MR) is 139 cm³/mol. The molecule has 8 heteroatoms. The molecule has 0 radical (unpaired) electrons. The fraction of sp³-hybridized carbons (Fsp3) is 0.458. The van der Waals surface area contributed by atoms with E-state index in [4.69, 9.17) is 14.5 Å². The van der Waals surface area contributed by atoms with E-state index in [1.54, 1.807) is 7.11 Å². The largest absolute Gasteiger partial charge is 0.497 e. The van der Waals surface area contributed by atoms with Crippen LogP contribution in [0.25, 0.3) is 0 Å². The van der Waals surface area contributed by atoms with Crippen molar-refractivity contribution in [3.63, 3.8) is 0 Å². The highest BCUT2D eigenvalue weighted by atomic mass is 127. The van der Waals surface area contributed by atoms with Crippen LogP contribution in [0, 0.1) is 0 Å². The van der Waals surface area contributed by atoms with Crippen LogP contribution in [0.5, 0.6) is 11.5 Å². The molecule has 0 aliphatic carbocycles. The van der Waals surface area contributed by atoms with E-state index in [0.717, 1.165) is 62.3 Å². The second kappa shape index (κ2) is 14.2. The van der Waals surface area contributed by atoms with Crippen molar-refractivity contribution in [2.45, 2.75) is 13.0 Å². The minimum absolute atomic E-state index is 0. The van der Waals surface area contributed by atoms with Gasteiger partial charge in [-0.25, -0.2) is 0 Å². The first kappa shape index (κ1) is 26.2. The van der Waals surface area contributed by atoms with Gasteiger partial charge in [-0.3, -0.25) is 9.89 Å². The number of methoxy groups -OCH3 is 1. The number of aliphatic hydroxyl groups excluding tert-OH is 1. The van der Waals surface area contributed by atoms with Gasteiger partial charge in [-0.1, -0.05) is 30.3 Å². The first-order valence-corrected chi connectivity index (χ1v) is 10.9. The summed E-state index contributed by atoms with van der Waals surface area (Å²) < 4.78 is 11.1. The molecule has 2 N–H and O–H groups in total. The molecule has 3 rings (SSSR count). The Morgan fingerprint density at radius 2 is 1.78 bits per heavy atom. The summed E-state index contributed by atoms with van der Waals surface area (Å²) in [6, 6.07) is 17.4. The number of hydrogen-bond acceptors (Lipinski definition) is 5. The van der Waals surface area contributed by atoms with Gasteiger partial charge in [-0.15, -0.1) is 24.0 Å². The Bertz CT molecular complexity index is 814. The predicted octanol–water partition coefficient (Wildman–Crippen LogP) is 3.01. The van der Waals surface area contributed by atoms with E-state index in [9.17, 15) is 5.11 Å². The van der Waals surface area contributed by atoms with E-state index in [1.807, 2.05) is 54.6 Å². The molecule has 176 valence electrons. The third-order valence-electron chi connectivity index (χ3n) is 5.32. The Balaban J connectivity index is 0.00000363. The van der Waals surface area contributed by atoms with Gasteiger partial charge in [0.25, 0.3) is 0 Å². The lowest BCUT2D eigenvalue weighted by atomic mass is 10.1. The second-order valence-electron chi connectivity index (χ2n) is 7.48. The molecule has 7 nitrogen and oxygen atoms in total. The number of rotatable bonds is 9. The van der Waals surface area contributed by atoms with Crippen LogP contribution in [-0.2, 0) is 0 Å². The van der Waals surface area contributed by atoms with Gasteiger partial charge in [0.15, 0.2) is 5.96 Å². The Morgan fingerprint density at radius 1 is 1.06 bits per heavy atom. The lowest BCUT2D eigenvalue weighted by molar-refractivity contribution is 0.151. The third kappa shape index (κ3) is 8.14. The van der Waals surface area contributed by atoms with Crippen LogP contribution in [0.15, 0.2) is 59.6 Å². The van der Waals surface area contributed by atoms with Gasteiger partial charge in [0.05, 0.1) is 19.8 Å². The first-order valence-electron chi connectivity index (χ1n) is 10.9. The summed E-state index contributed by atoms with van der Waals surface area (Å²) in [6.07, 6.45) is -0.666. The van der Waals surface area contributed by atoms with Gasteiger partial charge in [0, 0.05) is 39.3 Å². The average Bonchev–Trinajstić information content (AvgIpc) is 2.83. The Labute approximate surface area is 208 Å². The quantitative estimate of drug-likeness (QED) is 0.282. The topological polar surface area (TPSA) is 69.6 Å². The second-order valence-corrected chi connectivity index (χ2v) is 7.48. The zero-order chi connectivity index (χ0) is 21.9. The van der Waals surface area contributed by atoms with Gasteiger partial charge in [0.1, 0.15) is 18.1 Å². The maximum atomic E-state index is 10.6. The maximum absolute atomic E-state index is 10.6. The minimum Gasteiger partial charge on any atom is -0.497 e. The molecule has 2 aromatic carbocycles. The van der Waals surface area contributed by atoms with Crippen LogP contribution >= 0.6 is 24.0 Å². The summed E-state index contributed by atoms with van der Waals surface area (Å²) in [7, 11) is 1.63. The highest BCUT2D eigenvalue weighted by Crippen LogP contribution is 2.19. The molecular formula is C24H35IN4O3. The van der Waals surface area contributed by atoms with E-state index >= 15 is 0 Å². The lowest BCUT2D eigenvalue weighted by Gasteiger charge is -2.36. The van der Waals surface area contributed by atoms with Crippen LogP contribution in [0.4, 0.5) is 0 Å².